The number of piperidine rings is 1. The number of hydrogen-bond donors (Lipinski definition) is 0. The zero-order valence-corrected chi connectivity index (χ0v) is 15.3. The summed E-state index contributed by atoms with van der Waals surface area (Å²) < 4.78 is 2.18. The van der Waals surface area contributed by atoms with Crippen molar-refractivity contribution in [3.63, 3.8) is 0 Å². The average molecular weight is 347 g/mol. The van der Waals surface area contributed by atoms with Crippen molar-refractivity contribution in [2.75, 3.05) is 6.54 Å². The van der Waals surface area contributed by atoms with Crippen LogP contribution < -0.4 is 0 Å². The number of amides is 1. The molecule has 1 fully saturated rings. The maximum absolute atomic E-state index is 12.7. The van der Waals surface area contributed by atoms with Crippen LogP contribution in [0.1, 0.15) is 38.4 Å². The molecule has 1 aromatic heterocycles. The number of benzene rings is 2. The van der Waals surface area contributed by atoms with Crippen LogP contribution in [0.4, 0.5) is 0 Å². The Morgan fingerprint density at radius 1 is 1.08 bits per heavy atom. The van der Waals surface area contributed by atoms with Crippen LogP contribution in [0.5, 0.6) is 0 Å². The van der Waals surface area contributed by atoms with Gasteiger partial charge in [0.05, 0.1) is 11.0 Å². The molecule has 0 bridgehead atoms. The highest BCUT2D eigenvalue weighted by molar-refractivity contribution is 5.79. The number of fused-ring (bicyclic) bond motifs is 1. The van der Waals surface area contributed by atoms with Crippen molar-refractivity contribution in [1.29, 1.82) is 0 Å². The summed E-state index contributed by atoms with van der Waals surface area (Å²) in [7, 11) is 0. The van der Waals surface area contributed by atoms with Crippen molar-refractivity contribution in [3.05, 3.63) is 60.4 Å². The van der Waals surface area contributed by atoms with Crippen LogP contribution in [0.15, 0.2) is 54.6 Å². The van der Waals surface area contributed by atoms with E-state index in [1.54, 1.807) is 0 Å². The van der Waals surface area contributed by atoms with Crippen LogP contribution in [-0.4, -0.2) is 32.9 Å². The van der Waals surface area contributed by atoms with Crippen molar-refractivity contribution in [1.82, 2.24) is 14.5 Å². The number of carbonyl (C=O) groups is 1. The van der Waals surface area contributed by atoms with Gasteiger partial charge in [0, 0.05) is 31.1 Å². The van der Waals surface area contributed by atoms with Crippen molar-refractivity contribution in [2.45, 2.75) is 45.1 Å². The Bertz CT molecular complexity index is 900. The van der Waals surface area contributed by atoms with Crippen LogP contribution in [0.2, 0.25) is 0 Å². The van der Waals surface area contributed by atoms with Crippen molar-refractivity contribution in [2.24, 2.45) is 0 Å². The predicted molar refractivity (Wildman–Crippen MR) is 104 cm³/mol. The molecule has 0 spiro atoms. The summed E-state index contributed by atoms with van der Waals surface area (Å²) >= 11 is 0. The van der Waals surface area contributed by atoms with Gasteiger partial charge in [-0.3, -0.25) is 9.36 Å². The summed E-state index contributed by atoms with van der Waals surface area (Å²) in [6, 6.07) is 18.8. The van der Waals surface area contributed by atoms with Crippen LogP contribution in [0.25, 0.3) is 16.7 Å². The molecule has 26 heavy (non-hydrogen) atoms. The molecule has 4 nitrogen and oxygen atoms in total. The number of likely N-dealkylation sites (tertiary alicyclic amines) is 1. The fraction of sp³-hybridized carbons (Fsp3) is 0.364. The number of imidazole rings is 1. The normalized spacial score (nSPS) is 17.6. The lowest BCUT2D eigenvalue weighted by Gasteiger charge is -2.33. The molecule has 0 saturated carbocycles. The fourth-order valence-corrected chi connectivity index (χ4v) is 3.94. The summed E-state index contributed by atoms with van der Waals surface area (Å²) in [4.78, 5) is 19.6. The quantitative estimate of drug-likeness (QED) is 0.703. The molecule has 1 amide bonds. The Balaban J connectivity index is 1.61. The van der Waals surface area contributed by atoms with E-state index in [0.717, 1.165) is 41.9 Å². The molecule has 1 aliphatic rings. The van der Waals surface area contributed by atoms with Crippen molar-refractivity contribution in [3.8, 4) is 5.69 Å². The first-order valence-electron chi connectivity index (χ1n) is 9.55. The maximum Gasteiger partial charge on any atom is 0.223 e. The minimum atomic E-state index is 0.254. The highest BCUT2D eigenvalue weighted by Crippen LogP contribution is 2.23. The maximum atomic E-state index is 12.7. The van der Waals surface area contributed by atoms with Crippen molar-refractivity contribution < 1.29 is 4.79 Å². The number of aromatic nitrogens is 2. The summed E-state index contributed by atoms with van der Waals surface area (Å²) in [5, 5.41) is 0. The first-order valence-corrected chi connectivity index (χ1v) is 9.55. The van der Waals surface area contributed by atoms with E-state index in [0.29, 0.717) is 18.9 Å². The Morgan fingerprint density at radius 2 is 1.85 bits per heavy atom. The summed E-state index contributed by atoms with van der Waals surface area (Å²) in [5.41, 5.74) is 3.16. The van der Waals surface area contributed by atoms with Gasteiger partial charge >= 0.3 is 0 Å². The average Bonchev–Trinajstić information content (AvgIpc) is 3.05. The van der Waals surface area contributed by atoms with Gasteiger partial charge in [-0.1, -0.05) is 30.3 Å². The van der Waals surface area contributed by atoms with E-state index in [-0.39, 0.29) is 5.91 Å². The van der Waals surface area contributed by atoms with E-state index >= 15 is 0 Å². The minimum absolute atomic E-state index is 0.254. The van der Waals surface area contributed by atoms with Gasteiger partial charge in [-0.15, -0.1) is 0 Å². The molecular weight excluding hydrogens is 322 g/mol. The van der Waals surface area contributed by atoms with Gasteiger partial charge in [0.15, 0.2) is 0 Å². The molecule has 1 aliphatic heterocycles. The van der Waals surface area contributed by atoms with E-state index in [1.165, 1.54) is 6.42 Å². The van der Waals surface area contributed by atoms with E-state index in [2.05, 4.69) is 34.6 Å². The second-order valence-electron chi connectivity index (χ2n) is 7.12. The molecule has 2 heterocycles. The first kappa shape index (κ1) is 16.8. The molecule has 4 rings (SSSR count). The van der Waals surface area contributed by atoms with Crippen LogP contribution in [0.3, 0.4) is 0 Å². The van der Waals surface area contributed by atoms with Gasteiger partial charge in [-0.25, -0.2) is 4.98 Å². The second-order valence-corrected chi connectivity index (χ2v) is 7.12. The summed E-state index contributed by atoms with van der Waals surface area (Å²) in [5.74, 6) is 1.21. The first-order chi connectivity index (χ1) is 12.7. The number of nitrogens with zero attached hydrogens (tertiary/aromatic N) is 3. The van der Waals surface area contributed by atoms with E-state index in [9.17, 15) is 4.79 Å². The number of rotatable bonds is 4. The Morgan fingerprint density at radius 3 is 2.65 bits per heavy atom. The molecule has 0 aliphatic carbocycles. The molecule has 0 radical (unpaired) electrons. The lowest BCUT2D eigenvalue weighted by Crippen LogP contribution is -2.42. The molecule has 0 N–H and O–H groups in total. The molecule has 1 atom stereocenters. The molecule has 1 saturated heterocycles. The number of para-hydroxylation sites is 3. The van der Waals surface area contributed by atoms with Gasteiger partial charge in [0.2, 0.25) is 5.91 Å². The molecule has 4 heteroatoms. The van der Waals surface area contributed by atoms with Gasteiger partial charge < -0.3 is 4.90 Å². The topological polar surface area (TPSA) is 38.1 Å². The third-order valence-corrected chi connectivity index (χ3v) is 5.33. The number of aryl methyl sites for hydroxylation is 1. The van der Waals surface area contributed by atoms with E-state index in [1.807, 2.05) is 36.4 Å². The third kappa shape index (κ3) is 3.24. The third-order valence-electron chi connectivity index (χ3n) is 5.33. The summed E-state index contributed by atoms with van der Waals surface area (Å²) in [6.45, 7) is 3.06. The second kappa shape index (κ2) is 7.32. The van der Waals surface area contributed by atoms with E-state index < -0.39 is 0 Å². The summed E-state index contributed by atoms with van der Waals surface area (Å²) in [6.07, 6.45) is 4.65. The Labute approximate surface area is 154 Å². The van der Waals surface area contributed by atoms with Crippen LogP contribution >= 0.6 is 0 Å². The van der Waals surface area contributed by atoms with Gasteiger partial charge in [-0.2, -0.15) is 0 Å². The SMILES string of the molecule is CC1CCCCN1C(=O)CCc1nc2ccccc2n1-c1ccccc1. The molecule has 3 aromatic rings. The Hall–Kier alpha value is -2.62. The zero-order chi connectivity index (χ0) is 17.9. The lowest BCUT2D eigenvalue weighted by atomic mass is 10.0. The van der Waals surface area contributed by atoms with Crippen LogP contribution in [0, 0.1) is 0 Å². The standard InChI is InChI=1S/C22H25N3O/c1-17-9-7-8-16-24(17)22(26)15-14-21-23-19-12-5-6-13-20(19)25(21)18-10-3-2-4-11-18/h2-6,10-13,17H,7-9,14-16H2,1H3. The predicted octanol–water partition coefficient (Wildman–Crippen LogP) is 4.36. The zero-order valence-electron chi connectivity index (χ0n) is 15.3. The lowest BCUT2D eigenvalue weighted by molar-refractivity contribution is -0.134. The van der Waals surface area contributed by atoms with Gasteiger partial charge in [-0.05, 0) is 50.5 Å². The van der Waals surface area contributed by atoms with Gasteiger partial charge in [0.1, 0.15) is 5.82 Å². The Kier molecular flexibility index (Phi) is 4.74. The van der Waals surface area contributed by atoms with Crippen LogP contribution in [-0.2, 0) is 11.2 Å². The van der Waals surface area contributed by atoms with Crippen molar-refractivity contribution >= 4 is 16.9 Å². The van der Waals surface area contributed by atoms with Gasteiger partial charge in [0.25, 0.3) is 0 Å². The molecular formula is C22H25N3O. The molecule has 134 valence electrons. The smallest absolute Gasteiger partial charge is 0.223 e. The largest absolute Gasteiger partial charge is 0.340 e. The highest BCUT2D eigenvalue weighted by Gasteiger charge is 2.23. The molecule has 2 aromatic carbocycles. The number of carbonyl (C=O) groups excluding carboxylic acids is 1. The highest BCUT2D eigenvalue weighted by atomic mass is 16.2. The monoisotopic (exact) mass is 347 g/mol. The van der Waals surface area contributed by atoms with E-state index in [4.69, 9.17) is 4.98 Å². The number of hydrogen-bond acceptors (Lipinski definition) is 2. The molecule has 1 unspecified atom stereocenters. The fourth-order valence-electron chi connectivity index (χ4n) is 3.94. The minimum Gasteiger partial charge on any atom is -0.340 e.